The van der Waals surface area contributed by atoms with E-state index in [2.05, 4.69) is 10.1 Å². The molecule has 0 fully saturated rings. The van der Waals surface area contributed by atoms with Gasteiger partial charge < -0.3 is 14.8 Å². The molecule has 2 atom stereocenters. The number of carbonyl (C=O) groups excluding carboxylic acids is 3. The minimum Gasteiger partial charge on any atom is -0.469 e. The van der Waals surface area contributed by atoms with Crippen molar-refractivity contribution in [3.05, 3.63) is 0 Å². The van der Waals surface area contributed by atoms with Gasteiger partial charge in [-0.15, -0.1) is 0 Å². The summed E-state index contributed by atoms with van der Waals surface area (Å²) in [6.45, 7) is 7.83. The molecule has 0 rings (SSSR count). The monoisotopic (exact) mass is 393 g/mol. The average molecular weight is 394 g/mol. The zero-order valence-electron chi connectivity index (χ0n) is 16.0. The number of alkyl carbamates (subject to hydrolysis) is 1. The lowest BCUT2D eigenvalue weighted by Crippen LogP contribution is -2.36. The van der Waals surface area contributed by atoms with Gasteiger partial charge in [0.15, 0.2) is 0 Å². The predicted molar refractivity (Wildman–Crippen MR) is 104 cm³/mol. The van der Waals surface area contributed by atoms with Crippen LogP contribution in [0.2, 0.25) is 0 Å². The maximum absolute atomic E-state index is 12.0. The Kier molecular flexibility index (Phi) is 12.0. The van der Waals surface area contributed by atoms with Gasteiger partial charge in [0.2, 0.25) is 0 Å². The predicted octanol–water partition coefficient (Wildman–Crippen LogP) is 3.83. The number of esters is 1. The van der Waals surface area contributed by atoms with Crippen LogP contribution in [0.5, 0.6) is 0 Å². The minimum absolute atomic E-state index is 0.0680. The number of rotatable bonds is 11. The van der Waals surface area contributed by atoms with Crippen LogP contribution in [-0.4, -0.2) is 48.6 Å². The molecule has 0 aromatic carbocycles. The molecule has 0 aliphatic heterocycles. The number of ether oxygens (including phenoxy) is 2. The van der Waals surface area contributed by atoms with E-state index in [0.29, 0.717) is 13.0 Å². The number of ketones is 1. The van der Waals surface area contributed by atoms with Crippen molar-refractivity contribution in [3.63, 3.8) is 0 Å². The summed E-state index contributed by atoms with van der Waals surface area (Å²) in [7, 11) is 4.62. The van der Waals surface area contributed by atoms with Crippen molar-refractivity contribution in [2.75, 3.05) is 19.9 Å². The molecule has 0 radical (unpaired) electrons. The van der Waals surface area contributed by atoms with Gasteiger partial charge in [-0.25, -0.2) is 4.79 Å². The molecule has 0 spiro atoms. The summed E-state index contributed by atoms with van der Waals surface area (Å²) >= 11 is 0. The van der Waals surface area contributed by atoms with E-state index in [-0.39, 0.29) is 35.8 Å². The van der Waals surface area contributed by atoms with Crippen LogP contribution in [0.15, 0.2) is 0 Å². The molecule has 0 aromatic rings. The van der Waals surface area contributed by atoms with Gasteiger partial charge in [-0.1, -0.05) is 28.5 Å². The van der Waals surface area contributed by atoms with E-state index in [0.717, 1.165) is 6.42 Å². The first-order valence-corrected chi connectivity index (χ1v) is 11.0. The summed E-state index contributed by atoms with van der Waals surface area (Å²) in [5, 5.41) is 2.98. The number of hydrogen-bond donors (Lipinski definition) is 1. The molecule has 0 aromatic heterocycles. The number of amides is 1. The summed E-state index contributed by atoms with van der Waals surface area (Å²) in [5.74, 6) is -0.410. The van der Waals surface area contributed by atoms with Crippen molar-refractivity contribution in [3.8, 4) is 0 Å². The highest BCUT2D eigenvalue weighted by Gasteiger charge is 2.20. The molecular formula is C17H31NO5S2. The highest BCUT2D eigenvalue weighted by Crippen LogP contribution is 2.28. The van der Waals surface area contributed by atoms with E-state index in [9.17, 15) is 14.4 Å². The highest BCUT2D eigenvalue weighted by molar-refractivity contribution is 8.76. The van der Waals surface area contributed by atoms with E-state index in [1.54, 1.807) is 21.6 Å². The fourth-order valence-electron chi connectivity index (χ4n) is 2.00. The third-order valence-corrected chi connectivity index (χ3v) is 5.64. The first-order valence-electron chi connectivity index (χ1n) is 8.35. The van der Waals surface area contributed by atoms with Gasteiger partial charge in [0.05, 0.1) is 13.5 Å². The molecule has 0 unspecified atom stereocenters. The van der Waals surface area contributed by atoms with E-state index in [1.807, 2.05) is 34.0 Å². The molecule has 0 heterocycles. The summed E-state index contributed by atoms with van der Waals surface area (Å²) in [4.78, 5) is 34.9. The van der Waals surface area contributed by atoms with Crippen molar-refractivity contribution in [1.82, 2.24) is 5.32 Å². The van der Waals surface area contributed by atoms with Gasteiger partial charge >= 0.3 is 12.1 Å². The van der Waals surface area contributed by atoms with Crippen LogP contribution >= 0.6 is 21.6 Å². The van der Waals surface area contributed by atoms with Crippen molar-refractivity contribution in [1.29, 1.82) is 0 Å². The second-order valence-corrected chi connectivity index (χ2v) is 9.56. The summed E-state index contributed by atoms with van der Waals surface area (Å²) in [5.41, 5.74) is -0.521. The van der Waals surface area contributed by atoms with Gasteiger partial charge in [0, 0.05) is 24.1 Å². The fourth-order valence-corrected chi connectivity index (χ4v) is 3.97. The largest absolute Gasteiger partial charge is 0.469 e. The normalized spacial score (nSPS) is 13.7. The lowest BCUT2D eigenvalue weighted by atomic mass is 9.96. The van der Waals surface area contributed by atoms with E-state index < -0.39 is 11.7 Å². The van der Waals surface area contributed by atoms with Crippen molar-refractivity contribution in [2.45, 2.75) is 64.2 Å². The molecular weight excluding hydrogens is 362 g/mol. The zero-order chi connectivity index (χ0) is 19.5. The molecule has 1 N–H and O–H groups in total. The van der Waals surface area contributed by atoms with Crippen LogP contribution < -0.4 is 5.32 Å². The Morgan fingerprint density at radius 2 is 1.76 bits per heavy atom. The maximum Gasteiger partial charge on any atom is 0.407 e. The third kappa shape index (κ3) is 13.0. The van der Waals surface area contributed by atoms with Crippen LogP contribution in [0, 0.1) is 5.92 Å². The second-order valence-electron chi connectivity index (χ2n) is 6.79. The SMILES string of the molecule is COC(=O)CCC(=O)[C@@H](C)CC[C@@H](CNC(=O)OC(C)(C)C)SSC. The smallest absolute Gasteiger partial charge is 0.407 e. The third-order valence-electron chi connectivity index (χ3n) is 3.38. The Bertz CT molecular complexity index is 437. The van der Waals surface area contributed by atoms with E-state index in [4.69, 9.17) is 4.74 Å². The lowest BCUT2D eigenvalue weighted by molar-refractivity contribution is -0.142. The molecule has 0 aliphatic rings. The Hall–Kier alpha value is -0.890. The van der Waals surface area contributed by atoms with Gasteiger partial charge in [0.1, 0.15) is 11.4 Å². The van der Waals surface area contributed by atoms with Crippen molar-refractivity contribution >= 4 is 39.4 Å². The maximum atomic E-state index is 12.0. The summed E-state index contributed by atoms with van der Waals surface area (Å²) < 4.78 is 9.78. The molecule has 6 nitrogen and oxygen atoms in total. The van der Waals surface area contributed by atoms with Gasteiger partial charge in [0.25, 0.3) is 0 Å². The van der Waals surface area contributed by atoms with Crippen LogP contribution in [0.4, 0.5) is 4.79 Å². The van der Waals surface area contributed by atoms with E-state index >= 15 is 0 Å². The zero-order valence-corrected chi connectivity index (χ0v) is 17.7. The number of carbonyl (C=O) groups is 3. The fraction of sp³-hybridized carbons (Fsp3) is 0.824. The number of methoxy groups -OCH3 is 1. The number of nitrogens with one attached hydrogen (secondary N) is 1. The Morgan fingerprint density at radius 3 is 2.28 bits per heavy atom. The first kappa shape index (κ1) is 24.1. The second kappa shape index (κ2) is 12.5. The molecule has 8 heteroatoms. The Morgan fingerprint density at radius 1 is 1.12 bits per heavy atom. The minimum atomic E-state index is -0.521. The van der Waals surface area contributed by atoms with Gasteiger partial charge in [-0.3, -0.25) is 9.59 Å². The molecule has 146 valence electrons. The van der Waals surface area contributed by atoms with Gasteiger partial charge in [-0.2, -0.15) is 0 Å². The van der Waals surface area contributed by atoms with Crippen molar-refractivity contribution in [2.24, 2.45) is 5.92 Å². The average Bonchev–Trinajstić information content (AvgIpc) is 2.52. The molecule has 0 aliphatic carbocycles. The highest BCUT2D eigenvalue weighted by atomic mass is 33.1. The van der Waals surface area contributed by atoms with Gasteiger partial charge in [-0.05, 0) is 39.9 Å². The number of Topliss-reactive ketones (excluding diaryl/α,β-unsaturated/α-hetero) is 1. The Balaban J connectivity index is 4.27. The topological polar surface area (TPSA) is 81.7 Å². The standard InChI is InChI=1S/C17H31NO5S2/c1-12(14(19)9-10-15(20)22-5)7-8-13(25-24-6)11-18-16(21)23-17(2,3)4/h12-13H,7-11H2,1-6H3,(H,18,21)/t12-,13-/m0/s1. The Labute approximate surface area is 158 Å². The summed E-state index contributed by atoms with van der Waals surface area (Å²) in [6.07, 6.45) is 3.41. The van der Waals surface area contributed by atoms with Crippen LogP contribution in [0.3, 0.4) is 0 Å². The molecule has 1 amide bonds. The lowest BCUT2D eigenvalue weighted by Gasteiger charge is -2.22. The molecule has 0 saturated heterocycles. The molecule has 0 saturated carbocycles. The van der Waals surface area contributed by atoms with Crippen molar-refractivity contribution < 1.29 is 23.9 Å². The molecule has 25 heavy (non-hydrogen) atoms. The van der Waals surface area contributed by atoms with Crippen LogP contribution in [0.1, 0.15) is 53.4 Å². The molecule has 0 bridgehead atoms. The summed E-state index contributed by atoms with van der Waals surface area (Å²) in [6, 6.07) is 0. The van der Waals surface area contributed by atoms with E-state index in [1.165, 1.54) is 7.11 Å². The number of hydrogen-bond acceptors (Lipinski definition) is 7. The quantitative estimate of drug-likeness (QED) is 0.422. The van der Waals surface area contributed by atoms with Crippen LogP contribution in [-0.2, 0) is 19.1 Å². The first-order chi connectivity index (χ1) is 11.6. The van der Waals surface area contributed by atoms with Crippen LogP contribution in [0.25, 0.3) is 0 Å².